The lowest BCUT2D eigenvalue weighted by atomic mass is 10.0. The summed E-state index contributed by atoms with van der Waals surface area (Å²) in [6.45, 7) is 1.34. The summed E-state index contributed by atoms with van der Waals surface area (Å²) in [7, 11) is -3.60. The summed E-state index contributed by atoms with van der Waals surface area (Å²) in [5.74, 6) is 1.82. The maximum Gasteiger partial charge on any atom is 0.243 e. The molecule has 1 aliphatic carbocycles. The van der Waals surface area contributed by atoms with Crippen molar-refractivity contribution >= 4 is 38.5 Å². The predicted molar refractivity (Wildman–Crippen MR) is 132 cm³/mol. The van der Waals surface area contributed by atoms with Crippen LogP contribution in [-0.2, 0) is 21.2 Å². The van der Waals surface area contributed by atoms with Gasteiger partial charge < -0.3 is 4.90 Å². The maximum absolute atomic E-state index is 13.1. The Hall–Kier alpha value is -2.43. The average Bonchev–Trinajstić information content (AvgIpc) is 3.55. The molecule has 1 amide bonds. The van der Waals surface area contributed by atoms with E-state index in [0.717, 1.165) is 23.0 Å². The minimum Gasteiger partial charge on any atom is -0.339 e. The van der Waals surface area contributed by atoms with Crippen molar-refractivity contribution < 1.29 is 13.2 Å². The largest absolute Gasteiger partial charge is 0.339 e. The molecule has 3 aromatic rings. The fourth-order valence-electron chi connectivity index (χ4n) is 4.79. The third kappa shape index (κ3) is 5.13. The molecule has 1 aliphatic heterocycles. The number of hydrogen-bond donors (Lipinski definition) is 1. The number of carbonyl (C=O) groups excluding carboxylic acids is 1. The van der Waals surface area contributed by atoms with Crippen LogP contribution in [0.25, 0.3) is 10.8 Å². The first kappa shape index (κ1) is 23.3. The minimum atomic E-state index is -3.60. The van der Waals surface area contributed by atoms with Gasteiger partial charge in [0.1, 0.15) is 5.82 Å². The third-order valence-electron chi connectivity index (χ3n) is 6.74. The molecular formula is C24H29N5O3S2. The number of fused-ring (bicyclic) bond motifs is 1. The molecule has 1 saturated heterocycles. The van der Waals surface area contributed by atoms with Crippen LogP contribution in [0.2, 0.25) is 0 Å². The maximum atomic E-state index is 13.1. The summed E-state index contributed by atoms with van der Waals surface area (Å²) in [5, 5.41) is 9.75. The van der Waals surface area contributed by atoms with E-state index in [9.17, 15) is 13.2 Å². The normalized spacial score (nSPS) is 18.1. The van der Waals surface area contributed by atoms with Crippen molar-refractivity contribution in [2.24, 2.45) is 5.92 Å². The van der Waals surface area contributed by atoms with Gasteiger partial charge in [-0.2, -0.15) is 4.31 Å². The van der Waals surface area contributed by atoms with Crippen LogP contribution in [0.15, 0.2) is 52.5 Å². The van der Waals surface area contributed by atoms with Gasteiger partial charge in [0, 0.05) is 32.6 Å². The monoisotopic (exact) mass is 499 g/mol. The Bertz CT molecular complexity index is 1260. The van der Waals surface area contributed by atoms with Crippen LogP contribution >= 0.6 is 11.8 Å². The number of aromatic nitrogens is 3. The molecule has 5 rings (SSSR count). The summed E-state index contributed by atoms with van der Waals surface area (Å²) < 4.78 is 27.8. The fourth-order valence-corrected chi connectivity index (χ4v) is 6.97. The van der Waals surface area contributed by atoms with E-state index in [4.69, 9.17) is 0 Å². The molecule has 2 aromatic carbocycles. The molecule has 1 saturated carbocycles. The second-order valence-corrected chi connectivity index (χ2v) is 11.9. The molecule has 10 heteroatoms. The lowest BCUT2D eigenvalue weighted by Gasteiger charge is -2.34. The number of sulfonamides is 1. The Morgan fingerprint density at radius 2 is 1.76 bits per heavy atom. The lowest BCUT2D eigenvalue weighted by molar-refractivity contribution is -0.129. The molecule has 180 valence electrons. The smallest absolute Gasteiger partial charge is 0.243 e. The van der Waals surface area contributed by atoms with Gasteiger partial charge in [-0.15, -0.1) is 5.10 Å². The van der Waals surface area contributed by atoms with Crippen molar-refractivity contribution in [3.05, 3.63) is 48.3 Å². The van der Waals surface area contributed by atoms with E-state index >= 15 is 0 Å². The molecule has 0 atom stereocenters. The zero-order valence-electron chi connectivity index (χ0n) is 19.0. The first-order valence-electron chi connectivity index (χ1n) is 11.8. The van der Waals surface area contributed by atoms with Crippen LogP contribution in [0, 0.1) is 5.92 Å². The van der Waals surface area contributed by atoms with Gasteiger partial charge in [0.2, 0.25) is 21.1 Å². The van der Waals surface area contributed by atoms with Gasteiger partial charge in [0.05, 0.1) is 10.6 Å². The van der Waals surface area contributed by atoms with E-state index < -0.39 is 10.0 Å². The summed E-state index contributed by atoms with van der Waals surface area (Å²) in [6.07, 6.45) is 6.03. The van der Waals surface area contributed by atoms with Crippen LogP contribution < -0.4 is 0 Å². The molecule has 1 aromatic heterocycles. The van der Waals surface area contributed by atoms with Crippen molar-refractivity contribution in [1.29, 1.82) is 0 Å². The first-order valence-corrected chi connectivity index (χ1v) is 14.2. The van der Waals surface area contributed by atoms with Gasteiger partial charge in [-0.05, 0) is 28.8 Å². The highest BCUT2D eigenvalue weighted by atomic mass is 32.2. The molecule has 2 aliphatic rings. The lowest BCUT2D eigenvalue weighted by Crippen LogP contribution is -2.50. The number of piperazine rings is 1. The van der Waals surface area contributed by atoms with E-state index in [-0.39, 0.29) is 24.7 Å². The Kier molecular flexibility index (Phi) is 6.89. The zero-order valence-corrected chi connectivity index (χ0v) is 20.7. The van der Waals surface area contributed by atoms with Gasteiger partial charge in [0.15, 0.2) is 0 Å². The molecule has 34 heavy (non-hydrogen) atoms. The molecule has 2 heterocycles. The number of H-pyrrole nitrogens is 1. The molecule has 2 fully saturated rings. The molecular weight excluding hydrogens is 470 g/mol. The average molecular weight is 500 g/mol. The summed E-state index contributed by atoms with van der Waals surface area (Å²) in [5.41, 5.74) is 0. The van der Waals surface area contributed by atoms with Gasteiger partial charge in [0.25, 0.3) is 0 Å². The first-order chi connectivity index (χ1) is 16.5. The number of thioether (sulfide) groups is 1. The Labute approximate surface area is 204 Å². The van der Waals surface area contributed by atoms with E-state index in [1.54, 1.807) is 17.0 Å². The molecule has 8 nitrogen and oxygen atoms in total. The molecule has 0 bridgehead atoms. The highest BCUT2D eigenvalue weighted by Crippen LogP contribution is 2.27. The number of rotatable bonds is 7. The molecule has 0 spiro atoms. The van der Waals surface area contributed by atoms with Gasteiger partial charge >= 0.3 is 0 Å². The minimum absolute atomic E-state index is 0.0186. The topological polar surface area (TPSA) is 99.3 Å². The van der Waals surface area contributed by atoms with E-state index in [0.29, 0.717) is 29.1 Å². The van der Waals surface area contributed by atoms with Crippen LogP contribution in [0.1, 0.15) is 31.5 Å². The fraction of sp³-hybridized carbons (Fsp3) is 0.458. The number of amides is 1. The van der Waals surface area contributed by atoms with Crippen LogP contribution in [-0.4, -0.2) is 70.6 Å². The second-order valence-electron chi connectivity index (χ2n) is 9.00. The zero-order chi connectivity index (χ0) is 23.5. The van der Waals surface area contributed by atoms with E-state index in [2.05, 4.69) is 15.2 Å². The number of hydrogen-bond acceptors (Lipinski definition) is 6. The quantitative estimate of drug-likeness (QED) is 0.501. The molecule has 1 N–H and O–H groups in total. The number of nitrogens with zero attached hydrogens (tertiary/aromatic N) is 4. The Morgan fingerprint density at radius 1 is 1.03 bits per heavy atom. The van der Waals surface area contributed by atoms with Gasteiger partial charge in [-0.3, -0.25) is 9.89 Å². The highest BCUT2D eigenvalue weighted by molar-refractivity contribution is 7.99. The van der Waals surface area contributed by atoms with Crippen LogP contribution in [0.5, 0.6) is 0 Å². The molecule has 0 radical (unpaired) electrons. The summed E-state index contributed by atoms with van der Waals surface area (Å²) >= 11 is 1.33. The number of benzene rings is 2. The third-order valence-corrected chi connectivity index (χ3v) is 9.47. The number of aromatic amines is 1. The second kappa shape index (κ2) is 10.1. The SMILES string of the molecule is O=C(CSc1n[nH]c(CC2CCCC2)n1)N1CCN(S(=O)(=O)c2ccc3ccccc3c2)CC1. The van der Waals surface area contributed by atoms with Crippen molar-refractivity contribution in [3.63, 3.8) is 0 Å². The van der Waals surface area contributed by atoms with Crippen LogP contribution in [0.3, 0.4) is 0 Å². The van der Waals surface area contributed by atoms with Crippen molar-refractivity contribution in [3.8, 4) is 0 Å². The number of nitrogens with one attached hydrogen (secondary N) is 1. The highest BCUT2D eigenvalue weighted by Gasteiger charge is 2.30. The van der Waals surface area contributed by atoms with Crippen LogP contribution in [0.4, 0.5) is 0 Å². The van der Waals surface area contributed by atoms with E-state index in [1.807, 2.05) is 30.3 Å². The van der Waals surface area contributed by atoms with E-state index in [1.165, 1.54) is 41.8 Å². The van der Waals surface area contributed by atoms with Gasteiger partial charge in [-0.25, -0.2) is 13.4 Å². The Morgan fingerprint density at radius 3 is 2.53 bits per heavy atom. The Balaban J connectivity index is 1.13. The summed E-state index contributed by atoms with van der Waals surface area (Å²) in [6, 6.07) is 12.9. The molecule has 0 unspecified atom stereocenters. The van der Waals surface area contributed by atoms with Crippen molar-refractivity contribution in [1.82, 2.24) is 24.4 Å². The van der Waals surface area contributed by atoms with Crippen molar-refractivity contribution in [2.75, 3.05) is 31.9 Å². The number of carbonyl (C=O) groups is 1. The summed E-state index contributed by atoms with van der Waals surface area (Å²) in [4.78, 5) is 19.2. The van der Waals surface area contributed by atoms with Gasteiger partial charge in [-0.1, -0.05) is 67.8 Å². The standard InChI is InChI=1S/C24H29N5O3S2/c30-23(17-33-24-25-22(26-27-24)15-18-5-1-2-6-18)28-11-13-29(14-12-28)34(31,32)21-10-9-19-7-3-4-8-20(19)16-21/h3-4,7-10,16,18H,1-2,5-6,11-15,17H2,(H,25,26,27). The predicted octanol–water partition coefficient (Wildman–Crippen LogP) is 3.32. The van der Waals surface area contributed by atoms with Crippen molar-refractivity contribution in [2.45, 2.75) is 42.2 Å².